The second kappa shape index (κ2) is 6.67. The van der Waals surface area contributed by atoms with Gasteiger partial charge in [-0.05, 0) is 42.0 Å². The van der Waals surface area contributed by atoms with Gasteiger partial charge in [-0.2, -0.15) is 0 Å². The minimum absolute atomic E-state index is 0.161. The lowest BCUT2D eigenvalue weighted by molar-refractivity contribution is -0.114. The number of carbonyl (C=O) groups is 1. The topological polar surface area (TPSA) is 90.1 Å². The van der Waals surface area contributed by atoms with E-state index in [9.17, 15) is 4.79 Å². The number of thiazole rings is 1. The number of pyridine rings is 1. The molecule has 0 spiro atoms. The third kappa shape index (κ3) is 3.36. The van der Waals surface area contributed by atoms with Crippen molar-refractivity contribution in [3.63, 3.8) is 0 Å². The molecular formula is C17H16N4O2S. The molecule has 0 aliphatic carbocycles. The maximum atomic E-state index is 11.4. The van der Waals surface area contributed by atoms with Gasteiger partial charge in [0.1, 0.15) is 11.6 Å². The maximum absolute atomic E-state index is 11.4. The van der Waals surface area contributed by atoms with E-state index in [1.54, 1.807) is 19.4 Å². The van der Waals surface area contributed by atoms with Gasteiger partial charge in [0.25, 0.3) is 0 Å². The number of rotatable bonds is 4. The first kappa shape index (κ1) is 15.9. The Balaban J connectivity index is 2.11. The van der Waals surface area contributed by atoms with E-state index >= 15 is 0 Å². The van der Waals surface area contributed by atoms with Crippen LogP contribution in [0.2, 0.25) is 0 Å². The van der Waals surface area contributed by atoms with Crippen LogP contribution < -0.4 is 15.8 Å². The van der Waals surface area contributed by atoms with Crippen LogP contribution in [-0.2, 0) is 4.79 Å². The number of anilines is 2. The predicted molar refractivity (Wildman–Crippen MR) is 96.0 cm³/mol. The molecule has 6 nitrogen and oxygen atoms in total. The standard InChI is InChI=1S/C17H16N4O2S/c1-10(22)20-17-21-15(11-3-5-13(23-2)6-4-11)16(24-17)12-7-8-19-14(18)9-12/h3-9H,1-2H3,(H2,18,19)(H,20,21,22). The minimum Gasteiger partial charge on any atom is -0.497 e. The monoisotopic (exact) mass is 340 g/mol. The highest BCUT2D eigenvalue weighted by Crippen LogP contribution is 2.39. The molecule has 0 aliphatic heterocycles. The average molecular weight is 340 g/mol. The van der Waals surface area contributed by atoms with E-state index in [1.165, 1.54) is 18.3 Å². The van der Waals surface area contributed by atoms with Crippen molar-refractivity contribution < 1.29 is 9.53 Å². The van der Waals surface area contributed by atoms with Crippen molar-refractivity contribution in [1.82, 2.24) is 9.97 Å². The minimum atomic E-state index is -0.161. The van der Waals surface area contributed by atoms with Crippen LogP contribution in [0.5, 0.6) is 5.75 Å². The first-order valence-corrected chi connectivity index (χ1v) is 8.03. The molecule has 0 saturated carbocycles. The van der Waals surface area contributed by atoms with Gasteiger partial charge in [0.15, 0.2) is 5.13 Å². The molecular weight excluding hydrogens is 324 g/mol. The quantitative estimate of drug-likeness (QED) is 0.759. The molecule has 2 aromatic heterocycles. The molecule has 0 aliphatic rings. The summed E-state index contributed by atoms with van der Waals surface area (Å²) in [5, 5.41) is 3.28. The van der Waals surface area contributed by atoms with Crippen molar-refractivity contribution in [3.8, 4) is 27.4 Å². The van der Waals surface area contributed by atoms with E-state index < -0.39 is 0 Å². The Kier molecular flexibility index (Phi) is 4.43. The van der Waals surface area contributed by atoms with Crippen molar-refractivity contribution in [2.45, 2.75) is 6.92 Å². The fourth-order valence-electron chi connectivity index (χ4n) is 2.25. The van der Waals surface area contributed by atoms with Crippen LogP contribution in [-0.4, -0.2) is 23.0 Å². The second-order valence-electron chi connectivity index (χ2n) is 5.08. The Labute approximate surface area is 143 Å². The number of nitrogens with one attached hydrogen (secondary N) is 1. The summed E-state index contributed by atoms with van der Waals surface area (Å²) in [6.07, 6.45) is 1.65. The highest BCUT2D eigenvalue weighted by Gasteiger charge is 2.16. The Morgan fingerprint density at radius 1 is 1.21 bits per heavy atom. The lowest BCUT2D eigenvalue weighted by Gasteiger charge is -2.04. The molecule has 2 heterocycles. The van der Waals surface area contributed by atoms with E-state index in [0.717, 1.165) is 27.4 Å². The smallest absolute Gasteiger partial charge is 0.223 e. The number of methoxy groups -OCH3 is 1. The summed E-state index contributed by atoms with van der Waals surface area (Å²) in [5.41, 5.74) is 8.40. The molecule has 122 valence electrons. The van der Waals surface area contributed by atoms with Gasteiger partial charge >= 0.3 is 0 Å². The lowest BCUT2D eigenvalue weighted by atomic mass is 10.1. The number of ether oxygens (including phenoxy) is 1. The van der Waals surface area contributed by atoms with E-state index in [1.807, 2.05) is 30.3 Å². The summed E-state index contributed by atoms with van der Waals surface area (Å²) in [7, 11) is 1.62. The first-order chi connectivity index (χ1) is 11.6. The van der Waals surface area contributed by atoms with Crippen LogP contribution in [0, 0.1) is 0 Å². The van der Waals surface area contributed by atoms with E-state index in [-0.39, 0.29) is 5.91 Å². The fourth-order valence-corrected chi connectivity index (χ4v) is 3.28. The molecule has 0 radical (unpaired) electrons. The fraction of sp³-hybridized carbons (Fsp3) is 0.118. The number of amides is 1. The summed E-state index contributed by atoms with van der Waals surface area (Å²) in [4.78, 5) is 20.9. The van der Waals surface area contributed by atoms with Gasteiger partial charge in [0.2, 0.25) is 5.91 Å². The third-order valence-corrected chi connectivity index (χ3v) is 4.34. The molecule has 7 heteroatoms. The largest absolute Gasteiger partial charge is 0.497 e. The van der Waals surface area contributed by atoms with Gasteiger partial charge in [-0.25, -0.2) is 9.97 Å². The average Bonchev–Trinajstić information content (AvgIpc) is 2.98. The van der Waals surface area contributed by atoms with Crippen molar-refractivity contribution in [2.75, 3.05) is 18.2 Å². The van der Waals surface area contributed by atoms with E-state index in [2.05, 4.69) is 15.3 Å². The normalized spacial score (nSPS) is 10.4. The number of nitrogen functional groups attached to an aromatic ring is 1. The number of nitrogens with zero attached hydrogens (tertiary/aromatic N) is 2. The molecule has 0 fully saturated rings. The van der Waals surface area contributed by atoms with Gasteiger partial charge in [0, 0.05) is 18.7 Å². The number of carbonyl (C=O) groups excluding carboxylic acids is 1. The molecule has 0 atom stereocenters. The number of aromatic nitrogens is 2. The Morgan fingerprint density at radius 3 is 2.58 bits per heavy atom. The number of hydrogen-bond donors (Lipinski definition) is 2. The van der Waals surface area contributed by atoms with Crippen LogP contribution in [0.1, 0.15) is 6.92 Å². The molecule has 0 saturated heterocycles. The van der Waals surface area contributed by atoms with Gasteiger partial charge in [-0.15, -0.1) is 0 Å². The molecule has 1 amide bonds. The second-order valence-corrected chi connectivity index (χ2v) is 6.07. The maximum Gasteiger partial charge on any atom is 0.223 e. The molecule has 3 rings (SSSR count). The summed E-state index contributed by atoms with van der Waals surface area (Å²) in [6.45, 7) is 1.46. The molecule has 24 heavy (non-hydrogen) atoms. The number of benzene rings is 1. The van der Waals surface area contributed by atoms with Gasteiger partial charge in [-0.3, -0.25) is 4.79 Å². The Morgan fingerprint density at radius 2 is 1.96 bits per heavy atom. The lowest BCUT2D eigenvalue weighted by Crippen LogP contribution is -2.04. The summed E-state index contributed by atoms with van der Waals surface area (Å²) in [6, 6.07) is 11.3. The van der Waals surface area contributed by atoms with Gasteiger partial charge in [-0.1, -0.05) is 11.3 Å². The molecule has 0 bridgehead atoms. The third-order valence-electron chi connectivity index (χ3n) is 3.32. The predicted octanol–water partition coefficient (Wildman–Crippen LogP) is 3.42. The SMILES string of the molecule is COc1ccc(-c2nc(NC(C)=O)sc2-c2ccnc(N)c2)cc1. The van der Waals surface area contributed by atoms with Crippen LogP contribution >= 0.6 is 11.3 Å². The summed E-state index contributed by atoms with van der Waals surface area (Å²) in [5.74, 6) is 1.04. The number of nitrogens with two attached hydrogens (primary N) is 1. The highest BCUT2D eigenvalue weighted by molar-refractivity contribution is 7.19. The Hall–Kier alpha value is -2.93. The van der Waals surface area contributed by atoms with E-state index in [4.69, 9.17) is 10.5 Å². The zero-order valence-electron chi connectivity index (χ0n) is 13.2. The highest BCUT2D eigenvalue weighted by atomic mass is 32.1. The van der Waals surface area contributed by atoms with E-state index in [0.29, 0.717) is 10.9 Å². The van der Waals surface area contributed by atoms with Crippen molar-refractivity contribution in [3.05, 3.63) is 42.6 Å². The van der Waals surface area contributed by atoms with Crippen LogP contribution in [0.25, 0.3) is 21.7 Å². The van der Waals surface area contributed by atoms with Crippen LogP contribution in [0.3, 0.4) is 0 Å². The zero-order valence-corrected chi connectivity index (χ0v) is 14.1. The zero-order chi connectivity index (χ0) is 17.1. The van der Waals surface area contributed by atoms with Gasteiger partial charge in [0.05, 0.1) is 17.7 Å². The van der Waals surface area contributed by atoms with Gasteiger partial charge < -0.3 is 15.8 Å². The Bertz CT molecular complexity index is 875. The van der Waals surface area contributed by atoms with Crippen molar-refractivity contribution >= 4 is 28.2 Å². The molecule has 3 N–H and O–H groups in total. The number of hydrogen-bond acceptors (Lipinski definition) is 6. The molecule has 1 aromatic carbocycles. The summed E-state index contributed by atoms with van der Waals surface area (Å²) >= 11 is 1.40. The van der Waals surface area contributed by atoms with Crippen molar-refractivity contribution in [1.29, 1.82) is 0 Å². The first-order valence-electron chi connectivity index (χ1n) is 7.21. The molecule has 3 aromatic rings. The summed E-state index contributed by atoms with van der Waals surface area (Å²) < 4.78 is 5.19. The van der Waals surface area contributed by atoms with Crippen LogP contribution in [0.4, 0.5) is 10.9 Å². The van der Waals surface area contributed by atoms with Crippen LogP contribution in [0.15, 0.2) is 42.6 Å². The molecule has 0 unspecified atom stereocenters. The van der Waals surface area contributed by atoms with Crippen molar-refractivity contribution in [2.24, 2.45) is 0 Å².